The number of rotatable bonds is 6. The molecule has 0 aromatic carbocycles. The van der Waals surface area contributed by atoms with Crippen molar-refractivity contribution >= 4 is 30.8 Å². The lowest BCUT2D eigenvalue weighted by Gasteiger charge is -2.43. The van der Waals surface area contributed by atoms with Gasteiger partial charge in [-0.25, -0.2) is 0 Å². The van der Waals surface area contributed by atoms with Gasteiger partial charge in [-0.2, -0.15) is 9.18 Å². The summed E-state index contributed by atoms with van der Waals surface area (Å²) in [6.07, 6.45) is 1.91. The fourth-order valence-electron chi connectivity index (χ4n) is 1.22. The molecule has 0 bridgehead atoms. The van der Waals surface area contributed by atoms with Crippen LogP contribution in [0.2, 0.25) is 0 Å². The Morgan fingerprint density at radius 2 is 1.65 bits per heavy atom. The molecule has 0 aliphatic rings. The molecule has 104 valence electrons. The third-order valence-corrected chi connectivity index (χ3v) is 2.99. The van der Waals surface area contributed by atoms with Gasteiger partial charge in [-0.15, -0.1) is 24.8 Å². The van der Waals surface area contributed by atoms with Crippen molar-refractivity contribution < 1.29 is 18.7 Å². The predicted molar refractivity (Wildman–Crippen MR) is 75.3 cm³/mol. The van der Waals surface area contributed by atoms with E-state index in [1.54, 1.807) is 0 Å². The van der Waals surface area contributed by atoms with Crippen LogP contribution in [-0.4, -0.2) is 63.0 Å². The van der Waals surface area contributed by atoms with Crippen LogP contribution in [0.4, 0.5) is 0 Å². The Bertz CT molecular complexity index is 244. The van der Waals surface area contributed by atoms with E-state index in [1.807, 2.05) is 6.08 Å². The normalized spacial score (nSPS) is 10.9. The van der Waals surface area contributed by atoms with E-state index in [0.29, 0.717) is 6.61 Å². The second-order valence-corrected chi connectivity index (χ2v) is 4.78. The van der Waals surface area contributed by atoms with Crippen LogP contribution in [0.25, 0.3) is 0 Å². The molecular formula is C11H26Cl2N2O2+2. The van der Waals surface area contributed by atoms with Crippen molar-refractivity contribution in [1.29, 1.82) is 0 Å². The molecule has 0 N–H and O–H groups in total. The minimum Gasteiger partial charge on any atom is -0.460 e. The largest absolute Gasteiger partial charge is 0.460 e. The van der Waals surface area contributed by atoms with Gasteiger partial charge in [-0.05, 0) is 6.08 Å². The van der Waals surface area contributed by atoms with Crippen LogP contribution in [0, 0.1) is 0 Å². The molecule has 17 heavy (non-hydrogen) atoms. The molecule has 0 amide bonds. The molecule has 0 fully saturated rings. The molecule has 0 saturated heterocycles. The molecule has 0 radical (unpaired) electrons. The van der Waals surface area contributed by atoms with Gasteiger partial charge in [0.05, 0.1) is 0 Å². The number of likely N-dealkylation sites (N-methyl/N-ethyl adjacent to an activating group) is 2. The van der Waals surface area contributed by atoms with Crippen LogP contribution in [0.15, 0.2) is 12.7 Å². The molecule has 0 aliphatic carbocycles. The zero-order valence-electron chi connectivity index (χ0n) is 11.4. The lowest BCUT2D eigenvalue weighted by molar-refractivity contribution is -1.46. The number of quaternary nitrogens is 2. The summed E-state index contributed by atoms with van der Waals surface area (Å²) in [5, 5.41) is 0. The average Bonchev–Trinajstić information content (AvgIpc) is 2.02. The first-order valence-electron chi connectivity index (χ1n) is 5.13. The molecule has 0 rings (SSSR count). The van der Waals surface area contributed by atoms with Gasteiger partial charge in [0.15, 0.2) is 6.54 Å². The van der Waals surface area contributed by atoms with E-state index >= 15 is 0 Å². The van der Waals surface area contributed by atoms with Crippen molar-refractivity contribution in [1.82, 2.24) is 0 Å². The summed E-state index contributed by atoms with van der Waals surface area (Å²) in [5.74, 6) is -0.218. The van der Waals surface area contributed by atoms with E-state index < -0.39 is 0 Å². The van der Waals surface area contributed by atoms with E-state index in [-0.39, 0.29) is 30.8 Å². The summed E-state index contributed by atoms with van der Waals surface area (Å²) in [6.45, 7) is 7.32. The lowest BCUT2D eigenvalue weighted by atomic mass is 10.4. The first-order chi connectivity index (χ1) is 6.73. The average molecular weight is 289 g/mol. The number of halogens is 2. The van der Waals surface area contributed by atoms with Crippen LogP contribution in [-0.2, 0) is 9.53 Å². The summed E-state index contributed by atoms with van der Waals surface area (Å²) in [5.41, 5.74) is 0. The predicted octanol–water partition coefficient (Wildman–Crippen LogP) is 1.65. The summed E-state index contributed by atoms with van der Waals surface area (Å²) in [7, 11) is 8.50. The molecule has 0 saturated carbocycles. The van der Waals surface area contributed by atoms with Crippen LogP contribution in [0.5, 0.6) is 0 Å². The summed E-state index contributed by atoms with van der Waals surface area (Å²) >= 11 is 0. The van der Waals surface area contributed by atoms with Crippen LogP contribution >= 0.6 is 24.8 Å². The van der Waals surface area contributed by atoms with Gasteiger partial charge in [-0.1, -0.05) is 6.58 Å². The van der Waals surface area contributed by atoms with E-state index in [1.165, 1.54) is 6.92 Å². The smallest absolute Gasteiger partial charge is 0.302 e. The van der Waals surface area contributed by atoms with Gasteiger partial charge >= 0.3 is 5.97 Å². The molecule has 4 nitrogen and oxygen atoms in total. The van der Waals surface area contributed by atoms with Gasteiger partial charge in [0.2, 0.25) is 0 Å². The first-order valence-corrected chi connectivity index (χ1v) is 5.13. The van der Waals surface area contributed by atoms with Crippen molar-refractivity contribution in [3.05, 3.63) is 12.7 Å². The number of carbonyl (C=O) groups excluding carboxylic acids is 1. The Balaban J connectivity index is -0.000000980. The minimum absolute atomic E-state index is 0. The number of ether oxygens (including phenoxy) is 1. The molecule has 6 heteroatoms. The zero-order valence-corrected chi connectivity index (χ0v) is 13.1. The molecular weight excluding hydrogens is 263 g/mol. The summed E-state index contributed by atoms with van der Waals surface area (Å²) in [6, 6.07) is 0. The Morgan fingerprint density at radius 1 is 1.18 bits per heavy atom. The quantitative estimate of drug-likeness (QED) is 0.322. The third-order valence-electron chi connectivity index (χ3n) is 2.99. The van der Waals surface area contributed by atoms with Crippen molar-refractivity contribution in [3.8, 4) is 0 Å². The molecule has 0 spiro atoms. The van der Waals surface area contributed by atoms with Crippen molar-refractivity contribution in [2.45, 2.75) is 6.92 Å². The first kappa shape index (κ1) is 21.9. The van der Waals surface area contributed by atoms with E-state index in [2.05, 4.69) is 34.8 Å². The van der Waals surface area contributed by atoms with Crippen molar-refractivity contribution in [3.63, 3.8) is 0 Å². The number of hydrogen-bond donors (Lipinski definition) is 0. The highest BCUT2D eigenvalue weighted by Crippen LogP contribution is 2.11. The van der Waals surface area contributed by atoms with E-state index in [0.717, 1.165) is 22.3 Å². The highest BCUT2D eigenvalue weighted by Gasteiger charge is 2.34. The van der Waals surface area contributed by atoms with E-state index in [4.69, 9.17) is 4.74 Å². The summed E-state index contributed by atoms with van der Waals surface area (Å²) in [4.78, 5) is 10.7. The number of esters is 1. The third kappa shape index (κ3) is 7.60. The Hall–Kier alpha value is -0.290. The molecule has 0 atom stereocenters. The highest BCUT2D eigenvalue weighted by molar-refractivity contribution is 5.85. The van der Waals surface area contributed by atoms with Crippen LogP contribution < -0.4 is 0 Å². The van der Waals surface area contributed by atoms with E-state index in [9.17, 15) is 4.79 Å². The topological polar surface area (TPSA) is 26.3 Å². The number of carbonyl (C=O) groups is 1. The van der Waals surface area contributed by atoms with Crippen LogP contribution in [0.3, 0.4) is 0 Å². The number of nitrogens with zero attached hydrogens (tertiary/aromatic N) is 2. The molecule has 0 aromatic rings. The fourth-order valence-corrected chi connectivity index (χ4v) is 1.22. The summed E-state index contributed by atoms with van der Waals surface area (Å²) < 4.78 is 6.49. The minimum atomic E-state index is -0.218. The number of hydrogen-bond acceptors (Lipinski definition) is 2. The second kappa shape index (κ2) is 8.75. The standard InChI is InChI=1S/C11H24N2O2.2ClH/c1-7-8-12(3,4)13(5,6)9-10-15-11(2)14;;/h7H,1,8-10H2,2-6H3;2*1H/q+2;;. The van der Waals surface area contributed by atoms with Gasteiger partial charge in [0.1, 0.15) is 41.3 Å². The molecule has 0 heterocycles. The maximum absolute atomic E-state index is 10.7. The fraction of sp³-hybridized carbons (Fsp3) is 0.727. The second-order valence-electron chi connectivity index (χ2n) is 4.78. The maximum Gasteiger partial charge on any atom is 0.302 e. The van der Waals surface area contributed by atoms with Crippen molar-refractivity contribution in [2.24, 2.45) is 0 Å². The monoisotopic (exact) mass is 288 g/mol. The zero-order chi connectivity index (χ0) is 12.1. The molecule has 0 unspecified atom stereocenters. The maximum atomic E-state index is 10.7. The molecule has 0 aromatic heterocycles. The van der Waals surface area contributed by atoms with Crippen molar-refractivity contribution in [2.75, 3.05) is 47.9 Å². The Morgan fingerprint density at radius 3 is 2.00 bits per heavy atom. The van der Waals surface area contributed by atoms with Gasteiger partial charge in [-0.3, -0.25) is 4.79 Å². The SMILES string of the molecule is C=CC[N+](C)(C)[N+](C)(C)CCOC(C)=O.Cl.Cl. The lowest BCUT2D eigenvalue weighted by Crippen LogP contribution is -2.65. The van der Waals surface area contributed by atoms with Gasteiger partial charge in [0.25, 0.3) is 0 Å². The Labute approximate surface area is 117 Å². The highest BCUT2D eigenvalue weighted by atomic mass is 35.5. The van der Waals surface area contributed by atoms with Crippen LogP contribution in [0.1, 0.15) is 6.92 Å². The Kier molecular flexibility index (Phi) is 11.3. The van der Waals surface area contributed by atoms with Gasteiger partial charge < -0.3 is 4.74 Å². The van der Waals surface area contributed by atoms with Gasteiger partial charge in [0, 0.05) is 6.92 Å². The molecule has 0 aliphatic heterocycles.